The van der Waals surface area contributed by atoms with Gasteiger partial charge in [-0.05, 0) is 70.6 Å². The van der Waals surface area contributed by atoms with Crippen molar-refractivity contribution in [3.8, 4) is 0 Å². The van der Waals surface area contributed by atoms with E-state index in [0.717, 1.165) is 83.5 Å². The van der Waals surface area contributed by atoms with Crippen LogP contribution in [0, 0.1) is 0 Å². The van der Waals surface area contributed by atoms with Crippen LogP contribution < -0.4 is 0 Å². The fraction of sp³-hybridized carbons (Fsp3) is 0.805. The largest absolute Gasteiger partial charge is 0.481 e. The minimum absolute atomic E-state index is 0.00686. The first-order chi connectivity index (χ1) is 22.1. The Kier molecular flexibility index (Phi) is 35.1. The fourth-order valence-electron chi connectivity index (χ4n) is 5.79. The summed E-state index contributed by atoms with van der Waals surface area (Å²) >= 11 is 0. The van der Waals surface area contributed by atoms with Crippen LogP contribution in [0.5, 0.6) is 0 Å². The number of carbonyl (C=O) groups excluding carboxylic acids is 1. The van der Waals surface area contributed by atoms with Crippen LogP contribution in [0.1, 0.15) is 206 Å². The summed E-state index contributed by atoms with van der Waals surface area (Å²) in [5, 5.41) is 8.81. The molecule has 45 heavy (non-hydrogen) atoms. The van der Waals surface area contributed by atoms with Crippen molar-refractivity contribution in [3.63, 3.8) is 0 Å². The molecule has 262 valence electrons. The maximum atomic E-state index is 12.6. The standard InChI is InChI=1S/C41H74O4/c1-3-5-7-9-11-13-15-16-17-18-19-20-21-23-25-30-34-38-41(44)45-39(36-32-28-26-29-33-37-40(42)43)35-31-27-24-22-14-12-10-8-6-4-2/h5,7,11,13,16-17,39H,3-4,6,8-10,12,14-15,18-38H2,1-2H3,(H,42,43)/b7-5-,13-11-,17-16-. The molecule has 0 aliphatic rings. The van der Waals surface area contributed by atoms with E-state index in [1.807, 2.05) is 0 Å². The number of carboxylic acids is 1. The molecule has 0 bridgehead atoms. The topological polar surface area (TPSA) is 63.6 Å². The van der Waals surface area contributed by atoms with Gasteiger partial charge in [-0.1, -0.05) is 159 Å². The van der Waals surface area contributed by atoms with Gasteiger partial charge in [0.2, 0.25) is 0 Å². The second-order valence-electron chi connectivity index (χ2n) is 13.1. The summed E-state index contributed by atoms with van der Waals surface area (Å²) in [7, 11) is 0. The van der Waals surface area contributed by atoms with Crippen molar-refractivity contribution in [2.24, 2.45) is 0 Å². The van der Waals surface area contributed by atoms with Crippen molar-refractivity contribution in [2.75, 3.05) is 0 Å². The Hall–Kier alpha value is -1.84. The van der Waals surface area contributed by atoms with Gasteiger partial charge in [-0.15, -0.1) is 0 Å². The second-order valence-corrected chi connectivity index (χ2v) is 13.1. The Balaban J connectivity index is 4.00. The molecular formula is C41H74O4. The fourth-order valence-corrected chi connectivity index (χ4v) is 5.79. The van der Waals surface area contributed by atoms with Crippen molar-refractivity contribution in [3.05, 3.63) is 36.5 Å². The van der Waals surface area contributed by atoms with Crippen molar-refractivity contribution in [1.29, 1.82) is 0 Å². The molecule has 0 aliphatic heterocycles. The number of aliphatic carboxylic acids is 1. The summed E-state index contributed by atoms with van der Waals surface area (Å²) in [5.41, 5.74) is 0. The van der Waals surface area contributed by atoms with Gasteiger partial charge in [-0.2, -0.15) is 0 Å². The van der Waals surface area contributed by atoms with Crippen LogP contribution in [0.15, 0.2) is 36.5 Å². The molecule has 0 rings (SSSR count). The summed E-state index contributed by atoms with van der Waals surface area (Å²) < 4.78 is 5.99. The Bertz CT molecular complexity index is 723. The van der Waals surface area contributed by atoms with E-state index in [2.05, 4.69) is 50.3 Å². The number of hydrogen-bond acceptors (Lipinski definition) is 3. The van der Waals surface area contributed by atoms with Gasteiger partial charge in [0.25, 0.3) is 0 Å². The molecule has 0 amide bonds. The molecule has 1 N–H and O–H groups in total. The molecule has 4 heteroatoms. The van der Waals surface area contributed by atoms with Crippen molar-refractivity contribution in [1.82, 2.24) is 0 Å². The molecule has 4 nitrogen and oxygen atoms in total. The summed E-state index contributed by atoms with van der Waals surface area (Å²) in [6.07, 6.45) is 47.3. The third-order valence-electron chi connectivity index (χ3n) is 8.63. The Labute approximate surface area is 279 Å². The number of allylic oxidation sites excluding steroid dienone is 6. The number of hydrogen-bond donors (Lipinski definition) is 1. The maximum Gasteiger partial charge on any atom is 0.306 e. The molecule has 0 fully saturated rings. The smallest absolute Gasteiger partial charge is 0.306 e. The summed E-state index contributed by atoms with van der Waals surface area (Å²) in [6, 6.07) is 0. The third-order valence-corrected chi connectivity index (χ3v) is 8.63. The van der Waals surface area contributed by atoms with Crippen LogP contribution in [0.3, 0.4) is 0 Å². The van der Waals surface area contributed by atoms with E-state index in [9.17, 15) is 9.59 Å². The van der Waals surface area contributed by atoms with Gasteiger partial charge in [0.15, 0.2) is 0 Å². The molecule has 0 aromatic rings. The first kappa shape index (κ1) is 43.2. The average Bonchev–Trinajstić information content (AvgIpc) is 3.02. The Morgan fingerprint density at radius 3 is 1.44 bits per heavy atom. The van der Waals surface area contributed by atoms with Crippen LogP contribution in [0.4, 0.5) is 0 Å². The zero-order valence-electron chi connectivity index (χ0n) is 29.9. The van der Waals surface area contributed by atoms with Crippen LogP contribution in [0.2, 0.25) is 0 Å². The van der Waals surface area contributed by atoms with Crippen LogP contribution in [-0.4, -0.2) is 23.1 Å². The second kappa shape index (κ2) is 36.6. The molecule has 0 aromatic carbocycles. The maximum absolute atomic E-state index is 12.6. The lowest BCUT2D eigenvalue weighted by Gasteiger charge is -2.18. The zero-order chi connectivity index (χ0) is 32.9. The molecule has 0 radical (unpaired) electrons. The summed E-state index contributed by atoms with van der Waals surface area (Å²) in [6.45, 7) is 4.43. The third kappa shape index (κ3) is 36.5. The highest BCUT2D eigenvalue weighted by Gasteiger charge is 2.14. The van der Waals surface area contributed by atoms with Crippen LogP contribution >= 0.6 is 0 Å². The van der Waals surface area contributed by atoms with E-state index in [4.69, 9.17) is 9.84 Å². The van der Waals surface area contributed by atoms with E-state index in [1.54, 1.807) is 0 Å². The molecule has 0 spiro atoms. The van der Waals surface area contributed by atoms with Crippen molar-refractivity contribution < 1.29 is 19.4 Å². The predicted octanol–water partition coefficient (Wildman–Crippen LogP) is 13.4. The minimum atomic E-state index is -0.701. The van der Waals surface area contributed by atoms with Gasteiger partial charge < -0.3 is 9.84 Å². The highest BCUT2D eigenvalue weighted by molar-refractivity contribution is 5.69. The number of unbranched alkanes of at least 4 members (excludes halogenated alkanes) is 20. The van der Waals surface area contributed by atoms with E-state index < -0.39 is 5.97 Å². The Morgan fingerprint density at radius 2 is 0.933 bits per heavy atom. The molecule has 1 unspecified atom stereocenters. The first-order valence-corrected chi connectivity index (χ1v) is 19.5. The molecule has 0 heterocycles. The van der Waals surface area contributed by atoms with Crippen molar-refractivity contribution >= 4 is 11.9 Å². The van der Waals surface area contributed by atoms with Crippen molar-refractivity contribution in [2.45, 2.75) is 213 Å². The highest BCUT2D eigenvalue weighted by Crippen LogP contribution is 2.19. The molecular weight excluding hydrogens is 556 g/mol. The summed E-state index contributed by atoms with van der Waals surface area (Å²) in [5.74, 6) is -0.708. The molecule has 0 aromatic heterocycles. The average molecular weight is 631 g/mol. The highest BCUT2D eigenvalue weighted by atomic mass is 16.5. The van der Waals surface area contributed by atoms with Gasteiger partial charge in [0, 0.05) is 12.8 Å². The molecule has 0 saturated heterocycles. The van der Waals surface area contributed by atoms with Gasteiger partial charge in [0.1, 0.15) is 6.10 Å². The van der Waals surface area contributed by atoms with Gasteiger partial charge in [-0.3, -0.25) is 9.59 Å². The lowest BCUT2D eigenvalue weighted by atomic mass is 10.0. The lowest BCUT2D eigenvalue weighted by Crippen LogP contribution is -2.18. The Morgan fingerprint density at radius 1 is 0.511 bits per heavy atom. The predicted molar refractivity (Wildman–Crippen MR) is 195 cm³/mol. The number of esters is 1. The first-order valence-electron chi connectivity index (χ1n) is 19.5. The summed E-state index contributed by atoms with van der Waals surface area (Å²) in [4.78, 5) is 23.3. The lowest BCUT2D eigenvalue weighted by molar-refractivity contribution is -0.150. The molecule has 0 aliphatic carbocycles. The quantitative estimate of drug-likeness (QED) is 0.0430. The molecule has 1 atom stereocenters. The monoisotopic (exact) mass is 631 g/mol. The number of ether oxygens (including phenoxy) is 1. The zero-order valence-corrected chi connectivity index (χ0v) is 29.9. The number of carboxylic acid groups (broad SMARTS) is 1. The van der Waals surface area contributed by atoms with Gasteiger partial charge in [-0.25, -0.2) is 0 Å². The van der Waals surface area contributed by atoms with Gasteiger partial charge in [0.05, 0.1) is 0 Å². The van der Waals surface area contributed by atoms with Gasteiger partial charge >= 0.3 is 11.9 Å². The van der Waals surface area contributed by atoms with E-state index in [-0.39, 0.29) is 18.5 Å². The normalized spacial score (nSPS) is 12.6. The van der Waals surface area contributed by atoms with E-state index >= 15 is 0 Å². The SMILES string of the molecule is CC/C=C\C/C=C\C/C=C\CCCCCCCCCC(=O)OC(CCCCCCCCCCCC)CCCCCCCC(=O)O. The van der Waals surface area contributed by atoms with Crippen LogP contribution in [0.25, 0.3) is 0 Å². The number of rotatable bonds is 35. The number of carbonyl (C=O) groups is 2. The minimum Gasteiger partial charge on any atom is -0.481 e. The van der Waals surface area contributed by atoms with E-state index in [1.165, 1.54) is 96.3 Å². The van der Waals surface area contributed by atoms with E-state index in [0.29, 0.717) is 6.42 Å². The molecule has 0 saturated carbocycles. The van der Waals surface area contributed by atoms with Crippen LogP contribution in [-0.2, 0) is 14.3 Å².